The number of nitrogens with zero attached hydrogens (tertiary/aromatic N) is 2. The topological polar surface area (TPSA) is 49.6 Å². The highest BCUT2D eigenvalue weighted by Gasteiger charge is 2.24. The second-order valence-corrected chi connectivity index (χ2v) is 6.98. The Hall–Kier alpha value is -1.39. The lowest BCUT2D eigenvalue weighted by atomic mass is 9.98. The Morgan fingerprint density at radius 2 is 1.96 bits per heavy atom. The van der Waals surface area contributed by atoms with E-state index >= 15 is 0 Å². The van der Waals surface area contributed by atoms with Gasteiger partial charge in [0.1, 0.15) is 0 Å². The van der Waals surface area contributed by atoms with Crippen molar-refractivity contribution in [2.24, 2.45) is 11.7 Å². The summed E-state index contributed by atoms with van der Waals surface area (Å²) < 4.78 is 0. The molecule has 4 heteroatoms. The molecule has 1 heterocycles. The highest BCUT2D eigenvalue weighted by Crippen LogP contribution is 2.17. The average molecular weight is 317 g/mol. The molecule has 0 spiro atoms. The number of piperidine rings is 1. The monoisotopic (exact) mass is 317 g/mol. The molecular weight excluding hydrogens is 286 g/mol. The smallest absolute Gasteiger partial charge is 0.239 e. The van der Waals surface area contributed by atoms with Crippen LogP contribution in [-0.4, -0.2) is 48.4 Å². The number of carbonyl (C=O) groups is 1. The fourth-order valence-corrected chi connectivity index (χ4v) is 3.14. The van der Waals surface area contributed by atoms with E-state index in [1.54, 1.807) is 0 Å². The Labute approximate surface area is 140 Å². The lowest BCUT2D eigenvalue weighted by molar-refractivity contribution is -0.134. The molecule has 0 unspecified atom stereocenters. The highest BCUT2D eigenvalue weighted by molar-refractivity contribution is 5.81. The summed E-state index contributed by atoms with van der Waals surface area (Å²) in [6.45, 7) is 5.91. The van der Waals surface area contributed by atoms with Crippen LogP contribution >= 0.6 is 0 Å². The molecule has 1 saturated heterocycles. The van der Waals surface area contributed by atoms with Crippen LogP contribution in [-0.2, 0) is 11.3 Å². The second-order valence-electron chi connectivity index (χ2n) is 6.98. The molecular formula is C19H31N3O. The van der Waals surface area contributed by atoms with Gasteiger partial charge < -0.3 is 15.5 Å². The van der Waals surface area contributed by atoms with Crippen molar-refractivity contribution in [3.05, 3.63) is 35.9 Å². The van der Waals surface area contributed by atoms with E-state index in [4.69, 9.17) is 5.73 Å². The van der Waals surface area contributed by atoms with Gasteiger partial charge in [0.05, 0.1) is 6.04 Å². The van der Waals surface area contributed by atoms with Gasteiger partial charge in [0.25, 0.3) is 0 Å². The van der Waals surface area contributed by atoms with Crippen molar-refractivity contribution in [2.45, 2.75) is 45.2 Å². The lowest BCUT2D eigenvalue weighted by Gasteiger charge is -2.32. The minimum atomic E-state index is -0.339. The fourth-order valence-electron chi connectivity index (χ4n) is 3.14. The van der Waals surface area contributed by atoms with Gasteiger partial charge in [0, 0.05) is 19.6 Å². The van der Waals surface area contributed by atoms with Crippen molar-refractivity contribution >= 4 is 5.91 Å². The minimum Gasteiger partial charge on any atom is -0.341 e. The molecule has 1 aliphatic heterocycles. The Morgan fingerprint density at radius 1 is 1.30 bits per heavy atom. The number of nitrogens with two attached hydrogens (primary N) is 1. The zero-order valence-electron chi connectivity index (χ0n) is 14.6. The predicted octanol–water partition coefficient (Wildman–Crippen LogP) is 2.48. The molecule has 128 valence electrons. The zero-order valence-corrected chi connectivity index (χ0v) is 14.6. The summed E-state index contributed by atoms with van der Waals surface area (Å²) in [5.41, 5.74) is 7.43. The first-order chi connectivity index (χ1) is 11.1. The third kappa shape index (κ3) is 5.96. The molecule has 1 amide bonds. The van der Waals surface area contributed by atoms with Gasteiger partial charge in [-0.1, -0.05) is 37.3 Å². The fraction of sp³-hybridized carbons (Fsp3) is 0.632. The Bertz CT molecular complexity index is 469. The zero-order chi connectivity index (χ0) is 16.7. The normalized spacial score (nSPS) is 17.5. The van der Waals surface area contributed by atoms with Crippen LogP contribution in [0.5, 0.6) is 0 Å². The van der Waals surface area contributed by atoms with Gasteiger partial charge >= 0.3 is 0 Å². The summed E-state index contributed by atoms with van der Waals surface area (Å²) in [6.07, 6.45) is 3.95. The molecule has 2 rings (SSSR count). The van der Waals surface area contributed by atoms with E-state index in [1.807, 2.05) is 11.0 Å². The van der Waals surface area contributed by atoms with Gasteiger partial charge in [-0.15, -0.1) is 0 Å². The quantitative estimate of drug-likeness (QED) is 0.840. The van der Waals surface area contributed by atoms with Crippen LogP contribution in [0.15, 0.2) is 30.3 Å². The van der Waals surface area contributed by atoms with Gasteiger partial charge in [0.2, 0.25) is 5.91 Å². The van der Waals surface area contributed by atoms with Gasteiger partial charge in [0.15, 0.2) is 0 Å². The summed E-state index contributed by atoms with van der Waals surface area (Å²) >= 11 is 0. The minimum absolute atomic E-state index is 0.141. The van der Waals surface area contributed by atoms with Gasteiger partial charge in [-0.3, -0.25) is 4.79 Å². The molecule has 0 saturated carbocycles. The Balaban J connectivity index is 1.65. The maximum absolute atomic E-state index is 12.4. The summed E-state index contributed by atoms with van der Waals surface area (Å²) in [5, 5.41) is 0. The van der Waals surface area contributed by atoms with Crippen LogP contribution in [0.3, 0.4) is 0 Å². The summed E-state index contributed by atoms with van der Waals surface area (Å²) in [4.78, 5) is 16.6. The molecule has 4 nitrogen and oxygen atoms in total. The number of amides is 1. The van der Waals surface area contributed by atoms with E-state index in [9.17, 15) is 4.79 Å². The van der Waals surface area contributed by atoms with Crippen molar-refractivity contribution in [3.8, 4) is 0 Å². The van der Waals surface area contributed by atoms with E-state index in [0.29, 0.717) is 0 Å². The van der Waals surface area contributed by atoms with Crippen LogP contribution in [0.25, 0.3) is 0 Å². The lowest BCUT2D eigenvalue weighted by Crippen LogP contribution is -2.47. The number of hydrogen-bond donors (Lipinski definition) is 1. The molecule has 1 fully saturated rings. The van der Waals surface area contributed by atoms with Gasteiger partial charge in [-0.05, 0) is 50.8 Å². The molecule has 0 radical (unpaired) electrons. The van der Waals surface area contributed by atoms with E-state index in [1.165, 1.54) is 5.56 Å². The van der Waals surface area contributed by atoms with Crippen LogP contribution in [0, 0.1) is 5.92 Å². The first-order valence-electron chi connectivity index (χ1n) is 8.83. The number of benzene rings is 1. The van der Waals surface area contributed by atoms with Crippen molar-refractivity contribution in [1.82, 2.24) is 9.80 Å². The molecule has 2 N–H and O–H groups in total. The molecule has 1 aromatic rings. The Morgan fingerprint density at radius 3 is 2.61 bits per heavy atom. The predicted molar refractivity (Wildman–Crippen MR) is 95.0 cm³/mol. The number of likely N-dealkylation sites (tertiary alicyclic amines) is 1. The third-order valence-corrected chi connectivity index (χ3v) is 4.76. The van der Waals surface area contributed by atoms with Crippen molar-refractivity contribution in [3.63, 3.8) is 0 Å². The van der Waals surface area contributed by atoms with E-state index < -0.39 is 0 Å². The summed E-state index contributed by atoms with van der Waals surface area (Å²) in [7, 11) is 2.12. The summed E-state index contributed by atoms with van der Waals surface area (Å²) in [6, 6.07) is 10.1. The maximum Gasteiger partial charge on any atom is 0.239 e. The van der Waals surface area contributed by atoms with Gasteiger partial charge in [-0.2, -0.15) is 0 Å². The van der Waals surface area contributed by atoms with Crippen molar-refractivity contribution in [2.75, 3.05) is 26.7 Å². The largest absolute Gasteiger partial charge is 0.341 e. The molecule has 1 atom stereocenters. The molecule has 0 bridgehead atoms. The van der Waals surface area contributed by atoms with Crippen molar-refractivity contribution in [1.29, 1.82) is 0 Å². The maximum atomic E-state index is 12.4. The molecule has 23 heavy (non-hydrogen) atoms. The number of carbonyl (C=O) groups excluding carboxylic acids is 1. The van der Waals surface area contributed by atoms with Gasteiger partial charge in [-0.25, -0.2) is 0 Å². The third-order valence-electron chi connectivity index (χ3n) is 4.76. The molecule has 1 aromatic carbocycles. The summed E-state index contributed by atoms with van der Waals surface area (Å²) in [5.74, 6) is 0.879. The van der Waals surface area contributed by atoms with E-state index in [-0.39, 0.29) is 11.9 Å². The van der Waals surface area contributed by atoms with Crippen LogP contribution < -0.4 is 5.73 Å². The first-order valence-corrected chi connectivity index (χ1v) is 8.83. The molecule has 0 aromatic heterocycles. The van der Waals surface area contributed by atoms with E-state index in [0.717, 1.165) is 57.8 Å². The van der Waals surface area contributed by atoms with Crippen LogP contribution in [0.4, 0.5) is 0 Å². The first kappa shape index (κ1) is 18.0. The Kier molecular flexibility index (Phi) is 7.06. The highest BCUT2D eigenvalue weighted by atomic mass is 16.2. The van der Waals surface area contributed by atoms with Crippen LogP contribution in [0.1, 0.15) is 38.2 Å². The number of rotatable bonds is 7. The molecule has 1 aliphatic rings. The van der Waals surface area contributed by atoms with Crippen molar-refractivity contribution < 1.29 is 4.79 Å². The standard InChI is InChI=1S/C19H31N3O/c1-16-10-13-22(14-11-16)19(23)18(20)9-6-12-21(2)15-17-7-4-3-5-8-17/h3-5,7-8,16,18H,6,9-15,20H2,1-2H3/t18-/m0/s1. The number of hydrogen-bond acceptors (Lipinski definition) is 3. The van der Waals surface area contributed by atoms with E-state index in [2.05, 4.69) is 43.1 Å². The average Bonchev–Trinajstić information content (AvgIpc) is 2.55. The SMILES string of the molecule is CC1CCN(C(=O)[C@@H](N)CCCN(C)Cc2ccccc2)CC1. The second kappa shape index (κ2) is 9.04. The van der Waals surface area contributed by atoms with Crippen LogP contribution in [0.2, 0.25) is 0 Å². The molecule has 0 aliphatic carbocycles.